The number of hydrazone groups is 1. The molecule has 4 rings (SSSR count). The predicted octanol–water partition coefficient (Wildman–Crippen LogP) is 6.73. The number of nitrogens with one attached hydrogen (secondary N) is 1. The summed E-state index contributed by atoms with van der Waals surface area (Å²) in [5, 5.41) is 6.89. The molecule has 3 aromatic carbocycles. The zero-order valence-corrected chi connectivity index (χ0v) is 17.9. The molecular weight excluding hydrogens is 451 g/mol. The van der Waals surface area contributed by atoms with E-state index in [4.69, 9.17) is 4.74 Å². The highest BCUT2D eigenvalue weighted by atomic mass is 32.1. The molecule has 0 atom stereocenters. The normalized spacial score (nSPS) is 11.5. The number of thiazole rings is 1. The fourth-order valence-electron chi connectivity index (χ4n) is 2.83. The fraction of sp³-hybridized carbons (Fsp3) is 0.0833. The van der Waals surface area contributed by atoms with E-state index in [0.717, 1.165) is 22.4 Å². The van der Waals surface area contributed by atoms with E-state index in [1.54, 1.807) is 6.21 Å². The largest absolute Gasteiger partial charge is 0.573 e. The average molecular weight is 469 g/mol. The van der Waals surface area contributed by atoms with Crippen molar-refractivity contribution in [2.75, 3.05) is 5.43 Å². The highest BCUT2D eigenvalue weighted by Gasteiger charge is 2.30. The van der Waals surface area contributed by atoms with Crippen LogP contribution >= 0.6 is 11.3 Å². The Bertz CT molecular complexity index is 1190. The Balaban J connectivity index is 1.26. The molecule has 0 aliphatic rings. The van der Waals surface area contributed by atoms with Gasteiger partial charge in [-0.2, -0.15) is 5.10 Å². The molecule has 33 heavy (non-hydrogen) atoms. The molecule has 0 spiro atoms. The summed E-state index contributed by atoms with van der Waals surface area (Å²) in [6, 6.07) is 22.7. The van der Waals surface area contributed by atoms with E-state index in [1.807, 2.05) is 60.0 Å². The molecule has 0 saturated heterocycles. The van der Waals surface area contributed by atoms with Gasteiger partial charge in [0.05, 0.1) is 11.9 Å². The summed E-state index contributed by atoms with van der Waals surface area (Å²) in [6.07, 6.45) is -3.03. The van der Waals surface area contributed by atoms with Crippen molar-refractivity contribution >= 4 is 22.7 Å². The smallest absolute Gasteiger partial charge is 0.489 e. The van der Waals surface area contributed by atoms with Crippen molar-refractivity contribution in [3.05, 3.63) is 95.4 Å². The molecule has 0 bridgehead atoms. The molecule has 1 aromatic heterocycles. The second kappa shape index (κ2) is 10.2. The van der Waals surface area contributed by atoms with Gasteiger partial charge in [0.15, 0.2) is 0 Å². The molecule has 0 aliphatic carbocycles. The van der Waals surface area contributed by atoms with Gasteiger partial charge < -0.3 is 9.47 Å². The lowest BCUT2D eigenvalue weighted by Gasteiger charge is -2.10. The SMILES string of the molecule is FC(F)(F)Oc1ccc(OCc2ccc(C=NNc3nc(-c4ccccc4)cs3)cc2)cc1. The number of benzene rings is 3. The van der Waals surface area contributed by atoms with E-state index in [0.29, 0.717) is 10.9 Å². The summed E-state index contributed by atoms with van der Waals surface area (Å²) in [5.41, 5.74) is 6.67. The first-order valence-electron chi connectivity index (χ1n) is 9.82. The molecule has 5 nitrogen and oxygen atoms in total. The van der Waals surface area contributed by atoms with E-state index < -0.39 is 6.36 Å². The number of nitrogens with zero attached hydrogens (tertiary/aromatic N) is 2. The zero-order valence-electron chi connectivity index (χ0n) is 17.1. The molecule has 0 fully saturated rings. The minimum absolute atomic E-state index is 0.274. The quantitative estimate of drug-likeness (QED) is 0.230. The van der Waals surface area contributed by atoms with E-state index in [1.165, 1.54) is 35.6 Å². The van der Waals surface area contributed by atoms with Crippen LogP contribution in [0.2, 0.25) is 0 Å². The van der Waals surface area contributed by atoms with Gasteiger partial charge in [-0.1, -0.05) is 54.6 Å². The molecule has 1 heterocycles. The lowest BCUT2D eigenvalue weighted by Crippen LogP contribution is -2.16. The number of hydrogen-bond acceptors (Lipinski definition) is 6. The van der Waals surface area contributed by atoms with Crippen LogP contribution in [-0.2, 0) is 6.61 Å². The lowest BCUT2D eigenvalue weighted by molar-refractivity contribution is -0.274. The van der Waals surface area contributed by atoms with Crippen LogP contribution in [0, 0.1) is 0 Å². The Kier molecular flexibility index (Phi) is 6.89. The fourth-order valence-corrected chi connectivity index (χ4v) is 3.50. The maximum atomic E-state index is 12.2. The minimum atomic E-state index is -4.71. The van der Waals surface area contributed by atoms with Crippen molar-refractivity contribution < 1.29 is 22.6 Å². The first-order chi connectivity index (χ1) is 15.9. The van der Waals surface area contributed by atoms with E-state index in [-0.39, 0.29) is 12.4 Å². The van der Waals surface area contributed by atoms with Gasteiger partial charge in [-0.05, 0) is 35.4 Å². The van der Waals surface area contributed by atoms with Crippen molar-refractivity contribution in [2.24, 2.45) is 5.10 Å². The van der Waals surface area contributed by atoms with Gasteiger partial charge in [0, 0.05) is 10.9 Å². The zero-order chi connectivity index (χ0) is 23.1. The number of rotatable bonds is 8. The number of alkyl halides is 3. The number of aromatic nitrogens is 1. The molecule has 0 saturated carbocycles. The third-order valence-corrected chi connectivity index (χ3v) is 5.14. The van der Waals surface area contributed by atoms with Crippen LogP contribution in [0.5, 0.6) is 11.5 Å². The number of anilines is 1. The Morgan fingerprint density at radius 2 is 1.61 bits per heavy atom. The topological polar surface area (TPSA) is 55.7 Å². The van der Waals surface area contributed by atoms with Gasteiger partial charge in [0.1, 0.15) is 18.1 Å². The summed E-state index contributed by atoms with van der Waals surface area (Å²) in [4.78, 5) is 4.52. The van der Waals surface area contributed by atoms with Crippen molar-refractivity contribution in [2.45, 2.75) is 13.0 Å². The van der Waals surface area contributed by atoms with Gasteiger partial charge >= 0.3 is 6.36 Å². The van der Waals surface area contributed by atoms with Crippen LogP contribution in [-0.4, -0.2) is 17.6 Å². The second-order valence-corrected chi connectivity index (χ2v) is 7.68. The molecule has 168 valence electrons. The van der Waals surface area contributed by atoms with Crippen molar-refractivity contribution in [3.8, 4) is 22.8 Å². The van der Waals surface area contributed by atoms with Gasteiger partial charge in [0.2, 0.25) is 5.13 Å². The lowest BCUT2D eigenvalue weighted by atomic mass is 10.1. The van der Waals surface area contributed by atoms with Crippen molar-refractivity contribution in [1.29, 1.82) is 0 Å². The highest BCUT2D eigenvalue weighted by Crippen LogP contribution is 2.26. The Morgan fingerprint density at radius 3 is 2.30 bits per heavy atom. The Morgan fingerprint density at radius 1 is 0.909 bits per heavy atom. The van der Waals surface area contributed by atoms with E-state index >= 15 is 0 Å². The second-order valence-electron chi connectivity index (χ2n) is 6.82. The van der Waals surface area contributed by atoms with Crippen molar-refractivity contribution in [3.63, 3.8) is 0 Å². The maximum absolute atomic E-state index is 12.2. The van der Waals surface area contributed by atoms with Gasteiger partial charge in [0.25, 0.3) is 0 Å². The molecule has 0 radical (unpaired) electrons. The van der Waals surface area contributed by atoms with Crippen LogP contribution in [0.4, 0.5) is 18.3 Å². The van der Waals surface area contributed by atoms with Crippen molar-refractivity contribution in [1.82, 2.24) is 4.98 Å². The van der Waals surface area contributed by atoms with Crippen LogP contribution in [0.15, 0.2) is 89.3 Å². The molecule has 0 aliphatic heterocycles. The first kappa shape index (κ1) is 22.3. The molecule has 9 heteroatoms. The first-order valence-corrected chi connectivity index (χ1v) is 10.7. The Hall–Kier alpha value is -3.85. The van der Waals surface area contributed by atoms with Gasteiger partial charge in [-0.3, -0.25) is 5.43 Å². The maximum Gasteiger partial charge on any atom is 0.573 e. The molecule has 1 N–H and O–H groups in total. The number of hydrogen-bond donors (Lipinski definition) is 1. The third-order valence-electron chi connectivity index (χ3n) is 4.39. The molecule has 4 aromatic rings. The standard InChI is InChI=1S/C24H18F3N3O2S/c25-24(26,27)32-21-12-10-20(11-13-21)31-15-18-8-6-17(7-9-18)14-28-30-23-29-22(16-33-23)19-4-2-1-3-5-19/h1-14,16H,15H2,(H,29,30). The molecule has 0 unspecified atom stereocenters. The monoisotopic (exact) mass is 469 g/mol. The summed E-state index contributed by atoms with van der Waals surface area (Å²) in [5.74, 6) is 0.152. The van der Waals surface area contributed by atoms with E-state index in [9.17, 15) is 13.2 Å². The Labute approximate surface area is 192 Å². The number of halogens is 3. The van der Waals surface area contributed by atoms with Crippen LogP contribution in [0.25, 0.3) is 11.3 Å². The summed E-state index contributed by atoms with van der Waals surface area (Å²) in [7, 11) is 0. The molecular formula is C24H18F3N3O2S. The summed E-state index contributed by atoms with van der Waals surface area (Å²) < 4.78 is 46.1. The van der Waals surface area contributed by atoms with E-state index in [2.05, 4.69) is 20.2 Å². The molecule has 0 amide bonds. The van der Waals surface area contributed by atoms with Crippen LogP contribution in [0.3, 0.4) is 0 Å². The predicted molar refractivity (Wildman–Crippen MR) is 123 cm³/mol. The van der Waals surface area contributed by atoms with Crippen LogP contribution < -0.4 is 14.9 Å². The minimum Gasteiger partial charge on any atom is -0.489 e. The van der Waals surface area contributed by atoms with Crippen LogP contribution in [0.1, 0.15) is 11.1 Å². The average Bonchev–Trinajstić information content (AvgIpc) is 3.28. The highest BCUT2D eigenvalue weighted by molar-refractivity contribution is 7.14. The number of ether oxygens (including phenoxy) is 2. The summed E-state index contributed by atoms with van der Waals surface area (Å²) in [6.45, 7) is 0.274. The summed E-state index contributed by atoms with van der Waals surface area (Å²) >= 11 is 1.47. The van der Waals surface area contributed by atoms with Gasteiger partial charge in [-0.15, -0.1) is 24.5 Å². The van der Waals surface area contributed by atoms with Gasteiger partial charge in [-0.25, -0.2) is 4.98 Å². The third kappa shape index (κ3) is 6.81.